The molecule has 1 amide bonds. The Bertz CT molecular complexity index is 455. The van der Waals surface area contributed by atoms with E-state index in [1.807, 2.05) is 13.8 Å². The maximum Gasteiger partial charge on any atom is 0.387 e. The van der Waals surface area contributed by atoms with Crippen LogP contribution in [0.3, 0.4) is 0 Å². The molecule has 0 aliphatic carbocycles. The van der Waals surface area contributed by atoms with Gasteiger partial charge in [0.25, 0.3) is 0 Å². The quantitative estimate of drug-likeness (QED) is 0.829. The molecule has 0 aliphatic rings. The van der Waals surface area contributed by atoms with Gasteiger partial charge in [-0.1, -0.05) is 29.8 Å². The number of hydrogen-bond donors (Lipinski definition) is 1. The normalized spacial score (nSPS) is 12.6. The van der Waals surface area contributed by atoms with Gasteiger partial charge in [-0.2, -0.15) is 8.78 Å². The van der Waals surface area contributed by atoms with Crippen LogP contribution in [0.2, 0.25) is 0 Å². The van der Waals surface area contributed by atoms with Crippen LogP contribution in [0.5, 0.6) is 5.75 Å². The van der Waals surface area contributed by atoms with Gasteiger partial charge >= 0.3 is 6.61 Å². The highest BCUT2D eigenvalue weighted by molar-refractivity contribution is 9.10. The second-order valence-electron chi connectivity index (χ2n) is 4.16. The highest BCUT2D eigenvalue weighted by Crippen LogP contribution is 2.23. The first-order valence-corrected chi connectivity index (χ1v) is 6.42. The number of amides is 1. The molecule has 1 rings (SSSR count). The molecule has 0 saturated heterocycles. The SMILES string of the molecule is CC(C)C(Br)C(=O)Nc1ccc(OC(F)F)c(F)c1. The number of nitrogens with one attached hydrogen (secondary N) is 1. The number of rotatable bonds is 5. The molecule has 1 aromatic rings. The highest BCUT2D eigenvalue weighted by atomic mass is 79.9. The van der Waals surface area contributed by atoms with Crippen molar-refractivity contribution in [3.8, 4) is 5.75 Å². The Morgan fingerprint density at radius 1 is 1.37 bits per heavy atom. The molecular weight excluding hydrogens is 327 g/mol. The van der Waals surface area contributed by atoms with E-state index in [9.17, 15) is 18.0 Å². The number of halogens is 4. The Morgan fingerprint density at radius 3 is 2.47 bits per heavy atom. The Hall–Kier alpha value is -1.24. The van der Waals surface area contributed by atoms with Crippen molar-refractivity contribution in [2.24, 2.45) is 5.92 Å². The van der Waals surface area contributed by atoms with E-state index < -0.39 is 23.0 Å². The molecular formula is C12H13BrF3NO2. The van der Waals surface area contributed by atoms with Gasteiger partial charge in [0.1, 0.15) is 0 Å². The fraction of sp³-hybridized carbons (Fsp3) is 0.417. The van der Waals surface area contributed by atoms with Gasteiger partial charge in [-0.3, -0.25) is 4.79 Å². The molecule has 0 radical (unpaired) electrons. The van der Waals surface area contributed by atoms with Gasteiger partial charge in [0.2, 0.25) is 5.91 Å². The molecule has 0 bridgehead atoms. The van der Waals surface area contributed by atoms with E-state index in [1.54, 1.807) is 0 Å². The van der Waals surface area contributed by atoms with Crippen LogP contribution in [0.4, 0.5) is 18.9 Å². The minimum Gasteiger partial charge on any atom is -0.432 e. The monoisotopic (exact) mass is 339 g/mol. The lowest BCUT2D eigenvalue weighted by molar-refractivity contribution is -0.116. The molecule has 1 N–H and O–H groups in total. The van der Waals surface area contributed by atoms with Crippen LogP contribution in [0.25, 0.3) is 0 Å². The first-order valence-electron chi connectivity index (χ1n) is 5.50. The van der Waals surface area contributed by atoms with E-state index in [4.69, 9.17) is 0 Å². The van der Waals surface area contributed by atoms with Crippen molar-refractivity contribution in [2.45, 2.75) is 25.3 Å². The summed E-state index contributed by atoms with van der Waals surface area (Å²) < 4.78 is 41.2. The fourth-order valence-corrected chi connectivity index (χ4v) is 1.40. The van der Waals surface area contributed by atoms with Gasteiger partial charge < -0.3 is 10.1 Å². The fourth-order valence-electron chi connectivity index (χ4n) is 1.28. The molecule has 1 atom stereocenters. The van der Waals surface area contributed by atoms with Crippen molar-refractivity contribution in [3.05, 3.63) is 24.0 Å². The number of ether oxygens (including phenoxy) is 1. The van der Waals surface area contributed by atoms with Crippen LogP contribution < -0.4 is 10.1 Å². The Kier molecular flexibility index (Phi) is 5.65. The summed E-state index contributed by atoms with van der Waals surface area (Å²) in [6, 6.07) is 3.25. The lowest BCUT2D eigenvalue weighted by Crippen LogP contribution is -2.27. The molecule has 3 nitrogen and oxygen atoms in total. The van der Waals surface area contributed by atoms with Gasteiger partial charge in [0, 0.05) is 11.8 Å². The van der Waals surface area contributed by atoms with E-state index >= 15 is 0 Å². The Morgan fingerprint density at radius 2 is 2.00 bits per heavy atom. The molecule has 0 aliphatic heterocycles. The van der Waals surface area contributed by atoms with Crippen molar-refractivity contribution in [1.82, 2.24) is 0 Å². The van der Waals surface area contributed by atoms with E-state index in [0.717, 1.165) is 12.1 Å². The highest BCUT2D eigenvalue weighted by Gasteiger charge is 2.19. The predicted molar refractivity (Wildman–Crippen MR) is 69.2 cm³/mol. The molecule has 0 heterocycles. The summed E-state index contributed by atoms with van der Waals surface area (Å²) in [5.41, 5.74) is 0.175. The van der Waals surface area contributed by atoms with E-state index in [-0.39, 0.29) is 17.5 Å². The topological polar surface area (TPSA) is 38.3 Å². The summed E-state index contributed by atoms with van der Waals surface area (Å²) in [7, 11) is 0. The molecule has 0 fully saturated rings. The lowest BCUT2D eigenvalue weighted by atomic mass is 10.1. The van der Waals surface area contributed by atoms with Crippen LogP contribution >= 0.6 is 15.9 Å². The largest absolute Gasteiger partial charge is 0.432 e. The predicted octanol–water partition coefficient (Wildman–Crippen LogP) is 3.79. The number of carbonyl (C=O) groups excluding carboxylic acids is 1. The molecule has 7 heteroatoms. The second kappa shape index (κ2) is 6.79. The first kappa shape index (κ1) is 15.8. The number of carbonyl (C=O) groups is 1. The molecule has 0 aromatic heterocycles. The summed E-state index contributed by atoms with van der Waals surface area (Å²) in [6.45, 7) is 0.598. The van der Waals surface area contributed by atoms with Crippen LogP contribution in [-0.2, 0) is 4.79 Å². The smallest absolute Gasteiger partial charge is 0.387 e. The van der Waals surface area contributed by atoms with Crippen LogP contribution in [0.15, 0.2) is 18.2 Å². The zero-order valence-corrected chi connectivity index (χ0v) is 11.9. The zero-order chi connectivity index (χ0) is 14.6. The van der Waals surface area contributed by atoms with Crippen molar-refractivity contribution in [2.75, 3.05) is 5.32 Å². The maximum absolute atomic E-state index is 13.4. The third kappa shape index (κ3) is 4.74. The summed E-state index contributed by atoms with van der Waals surface area (Å²) in [4.78, 5) is 11.3. The Balaban J connectivity index is 2.76. The van der Waals surface area contributed by atoms with Gasteiger partial charge in [-0.05, 0) is 18.1 Å². The number of anilines is 1. The van der Waals surface area contributed by atoms with E-state index in [0.29, 0.717) is 0 Å². The van der Waals surface area contributed by atoms with Crippen molar-refractivity contribution >= 4 is 27.5 Å². The molecule has 0 spiro atoms. The van der Waals surface area contributed by atoms with E-state index in [1.165, 1.54) is 6.07 Å². The standard InChI is InChI=1S/C12H13BrF3NO2/c1-6(2)10(13)11(18)17-7-3-4-9(8(14)5-7)19-12(15)16/h3-6,10,12H,1-2H3,(H,17,18). The molecule has 1 aromatic carbocycles. The zero-order valence-electron chi connectivity index (χ0n) is 10.3. The van der Waals surface area contributed by atoms with Crippen LogP contribution in [0.1, 0.15) is 13.8 Å². The molecule has 0 saturated carbocycles. The third-order valence-electron chi connectivity index (χ3n) is 2.25. The summed E-state index contributed by atoms with van der Waals surface area (Å²) in [6.07, 6.45) is 0. The average molecular weight is 340 g/mol. The molecule has 106 valence electrons. The minimum absolute atomic E-state index is 0.0614. The maximum atomic E-state index is 13.4. The number of hydrogen-bond acceptors (Lipinski definition) is 2. The second-order valence-corrected chi connectivity index (χ2v) is 5.15. The van der Waals surface area contributed by atoms with Gasteiger partial charge in [-0.15, -0.1) is 0 Å². The van der Waals surface area contributed by atoms with Crippen molar-refractivity contribution in [1.29, 1.82) is 0 Å². The van der Waals surface area contributed by atoms with Gasteiger partial charge in [-0.25, -0.2) is 4.39 Å². The lowest BCUT2D eigenvalue weighted by Gasteiger charge is -2.14. The Labute approximate surface area is 117 Å². The number of alkyl halides is 3. The first-order chi connectivity index (χ1) is 8.81. The molecule has 19 heavy (non-hydrogen) atoms. The third-order valence-corrected chi connectivity index (χ3v) is 3.72. The van der Waals surface area contributed by atoms with Gasteiger partial charge in [0.05, 0.1) is 4.83 Å². The minimum atomic E-state index is -3.09. The summed E-state index contributed by atoms with van der Waals surface area (Å²) in [5, 5.41) is 2.48. The molecule has 1 unspecified atom stereocenters. The van der Waals surface area contributed by atoms with Crippen LogP contribution in [-0.4, -0.2) is 17.3 Å². The van der Waals surface area contributed by atoms with Crippen molar-refractivity contribution in [3.63, 3.8) is 0 Å². The summed E-state index contributed by atoms with van der Waals surface area (Å²) in [5.74, 6) is -1.80. The number of benzene rings is 1. The average Bonchev–Trinajstić information content (AvgIpc) is 2.31. The van der Waals surface area contributed by atoms with E-state index in [2.05, 4.69) is 26.0 Å². The van der Waals surface area contributed by atoms with Crippen LogP contribution in [0, 0.1) is 11.7 Å². The summed E-state index contributed by atoms with van der Waals surface area (Å²) >= 11 is 3.20. The van der Waals surface area contributed by atoms with Crippen molar-refractivity contribution < 1.29 is 22.7 Å². The van der Waals surface area contributed by atoms with Gasteiger partial charge in [0.15, 0.2) is 11.6 Å².